The third-order valence-electron chi connectivity index (χ3n) is 3.81. The molecule has 0 spiro atoms. The second-order valence-electron chi connectivity index (χ2n) is 5.76. The summed E-state index contributed by atoms with van der Waals surface area (Å²) in [5.41, 5.74) is 4.31. The van der Waals surface area contributed by atoms with E-state index in [1.54, 1.807) is 24.4 Å². The summed E-state index contributed by atoms with van der Waals surface area (Å²) in [7, 11) is 0. The van der Waals surface area contributed by atoms with Crippen molar-refractivity contribution in [2.75, 3.05) is 31.5 Å². The Morgan fingerprint density at radius 3 is 2.65 bits per heavy atom. The number of hydrogen-bond acceptors (Lipinski definition) is 5. The van der Waals surface area contributed by atoms with Gasteiger partial charge >= 0.3 is 0 Å². The Kier molecular flexibility index (Phi) is 8.98. The molecule has 0 bridgehead atoms. The molecule has 7 heteroatoms. The summed E-state index contributed by atoms with van der Waals surface area (Å²) in [6.07, 6.45) is 3.98. The van der Waals surface area contributed by atoms with Crippen LogP contribution in [0.3, 0.4) is 0 Å². The van der Waals surface area contributed by atoms with Crippen molar-refractivity contribution in [1.82, 2.24) is 15.4 Å². The topological polar surface area (TPSA) is 49.4 Å². The summed E-state index contributed by atoms with van der Waals surface area (Å²) >= 11 is 12.1. The summed E-state index contributed by atoms with van der Waals surface area (Å²) in [6, 6.07) is 9.01. The summed E-state index contributed by atoms with van der Waals surface area (Å²) < 4.78 is 5.68. The lowest BCUT2D eigenvalue weighted by Crippen LogP contribution is -2.38. The van der Waals surface area contributed by atoms with Gasteiger partial charge in [-0.2, -0.15) is 0 Å². The molecule has 2 aromatic rings. The Morgan fingerprint density at radius 2 is 1.96 bits per heavy atom. The maximum absolute atomic E-state index is 6.12. The minimum absolute atomic E-state index is 0.386. The lowest BCUT2D eigenvalue weighted by Gasteiger charge is -2.20. The zero-order valence-corrected chi connectivity index (χ0v) is 16.8. The van der Waals surface area contributed by atoms with Crippen molar-refractivity contribution in [1.29, 1.82) is 0 Å². The predicted octanol–water partition coefficient (Wildman–Crippen LogP) is 5.22. The van der Waals surface area contributed by atoms with Crippen LogP contribution in [0.15, 0.2) is 36.5 Å². The highest BCUT2D eigenvalue weighted by molar-refractivity contribution is 6.42. The highest BCUT2D eigenvalue weighted by atomic mass is 35.5. The number of nitrogens with zero attached hydrogens (tertiary/aromatic N) is 2. The molecule has 1 aromatic carbocycles. The van der Waals surface area contributed by atoms with E-state index in [0.717, 1.165) is 44.7 Å². The van der Waals surface area contributed by atoms with Gasteiger partial charge in [-0.05, 0) is 31.0 Å². The molecule has 0 radical (unpaired) electrons. The average Bonchev–Trinajstić information content (AvgIpc) is 2.65. The normalized spacial score (nSPS) is 11.0. The molecule has 26 heavy (non-hydrogen) atoms. The standard InChI is InChI=1S/C19H26Cl2N4O/c1-3-24-25(4-2)13-6-5-12-22-15-10-11-18(23-14-15)26-17-9-7-8-16(20)19(17)21/h7-11,14,22,24H,3-6,12-13H2,1-2H3. The van der Waals surface area contributed by atoms with Crippen LogP contribution < -0.4 is 15.5 Å². The van der Waals surface area contributed by atoms with Crippen molar-refractivity contribution >= 4 is 28.9 Å². The summed E-state index contributed by atoms with van der Waals surface area (Å²) in [6.45, 7) is 8.22. The van der Waals surface area contributed by atoms with Crippen LogP contribution in [0.1, 0.15) is 26.7 Å². The van der Waals surface area contributed by atoms with E-state index >= 15 is 0 Å². The third kappa shape index (κ3) is 6.65. The number of anilines is 1. The SMILES string of the molecule is CCNN(CC)CCCCNc1ccc(Oc2cccc(Cl)c2Cl)nc1. The number of hydrogen-bond donors (Lipinski definition) is 2. The van der Waals surface area contributed by atoms with Crippen molar-refractivity contribution < 1.29 is 4.74 Å². The van der Waals surface area contributed by atoms with Gasteiger partial charge < -0.3 is 10.1 Å². The van der Waals surface area contributed by atoms with Crippen molar-refractivity contribution in [3.8, 4) is 11.6 Å². The molecule has 0 saturated heterocycles. The smallest absolute Gasteiger partial charge is 0.219 e. The first-order valence-electron chi connectivity index (χ1n) is 8.94. The molecule has 0 atom stereocenters. The van der Waals surface area contributed by atoms with E-state index in [0.29, 0.717) is 21.7 Å². The number of pyridine rings is 1. The maximum Gasteiger partial charge on any atom is 0.219 e. The first-order valence-corrected chi connectivity index (χ1v) is 9.69. The number of nitrogens with one attached hydrogen (secondary N) is 2. The minimum atomic E-state index is 0.386. The van der Waals surface area contributed by atoms with Crippen LogP contribution in [0.25, 0.3) is 0 Å². The summed E-state index contributed by atoms with van der Waals surface area (Å²) in [5.74, 6) is 0.970. The second-order valence-corrected chi connectivity index (χ2v) is 6.55. The molecular weight excluding hydrogens is 371 g/mol. The fourth-order valence-corrected chi connectivity index (χ4v) is 2.78. The van der Waals surface area contributed by atoms with E-state index in [1.165, 1.54) is 0 Å². The number of rotatable bonds is 11. The number of unbranched alkanes of at least 4 members (excludes halogenated alkanes) is 1. The van der Waals surface area contributed by atoms with E-state index < -0.39 is 0 Å². The Morgan fingerprint density at radius 1 is 1.12 bits per heavy atom. The number of halogens is 2. The second kappa shape index (κ2) is 11.2. The largest absolute Gasteiger partial charge is 0.437 e. The quantitative estimate of drug-likeness (QED) is 0.402. The Hall–Kier alpha value is -1.53. The number of benzene rings is 1. The molecular formula is C19H26Cl2N4O. The maximum atomic E-state index is 6.12. The van der Waals surface area contributed by atoms with E-state index in [-0.39, 0.29) is 0 Å². The average molecular weight is 397 g/mol. The minimum Gasteiger partial charge on any atom is -0.437 e. The van der Waals surface area contributed by atoms with Gasteiger partial charge in [0.25, 0.3) is 0 Å². The highest BCUT2D eigenvalue weighted by Gasteiger charge is 2.07. The number of ether oxygens (including phenoxy) is 1. The lowest BCUT2D eigenvalue weighted by atomic mass is 10.3. The van der Waals surface area contributed by atoms with Crippen LogP contribution in [0.5, 0.6) is 11.6 Å². The van der Waals surface area contributed by atoms with Crippen LogP contribution in [-0.4, -0.2) is 36.2 Å². The highest BCUT2D eigenvalue weighted by Crippen LogP contribution is 2.34. The van der Waals surface area contributed by atoms with E-state index in [1.807, 2.05) is 12.1 Å². The molecule has 0 aliphatic heterocycles. The van der Waals surface area contributed by atoms with Crippen molar-refractivity contribution in [2.45, 2.75) is 26.7 Å². The molecule has 0 aliphatic carbocycles. The Labute approximate surface area is 165 Å². The van der Waals surface area contributed by atoms with Crippen molar-refractivity contribution in [3.05, 3.63) is 46.6 Å². The van der Waals surface area contributed by atoms with Crippen LogP contribution in [0, 0.1) is 0 Å². The van der Waals surface area contributed by atoms with E-state index in [2.05, 4.69) is 34.6 Å². The van der Waals surface area contributed by atoms with Gasteiger partial charge in [0.15, 0.2) is 0 Å². The summed E-state index contributed by atoms with van der Waals surface area (Å²) in [5, 5.41) is 6.46. The molecule has 5 nitrogen and oxygen atoms in total. The molecule has 1 aromatic heterocycles. The molecule has 1 heterocycles. The molecule has 0 saturated carbocycles. The Balaban J connectivity index is 1.74. The van der Waals surface area contributed by atoms with E-state index in [4.69, 9.17) is 27.9 Å². The third-order valence-corrected chi connectivity index (χ3v) is 4.62. The zero-order chi connectivity index (χ0) is 18.8. The number of hydrazine groups is 1. The molecule has 2 N–H and O–H groups in total. The zero-order valence-electron chi connectivity index (χ0n) is 15.3. The Bertz CT molecular complexity index is 667. The monoisotopic (exact) mass is 396 g/mol. The summed E-state index contributed by atoms with van der Waals surface area (Å²) in [4.78, 5) is 4.30. The molecule has 0 fully saturated rings. The fraction of sp³-hybridized carbons (Fsp3) is 0.421. The van der Waals surface area contributed by atoms with E-state index in [9.17, 15) is 0 Å². The van der Waals surface area contributed by atoms with Gasteiger partial charge in [0.1, 0.15) is 10.8 Å². The van der Waals surface area contributed by atoms with Gasteiger partial charge in [-0.1, -0.05) is 43.1 Å². The van der Waals surface area contributed by atoms with Crippen LogP contribution >= 0.6 is 23.2 Å². The molecule has 2 rings (SSSR count). The van der Waals surface area contributed by atoms with Crippen LogP contribution in [0.2, 0.25) is 10.0 Å². The molecule has 0 amide bonds. The molecule has 0 unspecified atom stereocenters. The number of aromatic nitrogens is 1. The van der Waals surface area contributed by atoms with Gasteiger partial charge in [-0.15, -0.1) is 0 Å². The molecule has 142 valence electrons. The van der Waals surface area contributed by atoms with Crippen molar-refractivity contribution in [2.24, 2.45) is 0 Å². The van der Waals surface area contributed by atoms with Gasteiger partial charge in [0, 0.05) is 32.2 Å². The van der Waals surface area contributed by atoms with Gasteiger partial charge in [0.05, 0.1) is 16.9 Å². The van der Waals surface area contributed by atoms with Crippen LogP contribution in [0.4, 0.5) is 5.69 Å². The lowest BCUT2D eigenvalue weighted by molar-refractivity contribution is 0.200. The van der Waals surface area contributed by atoms with Crippen molar-refractivity contribution in [3.63, 3.8) is 0 Å². The van der Waals surface area contributed by atoms with Gasteiger partial charge in [-0.3, -0.25) is 5.43 Å². The predicted molar refractivity (Wildman–Crippen MR) is 109 cm³/mol. The fourth-order valence-electron chi connectivity index (χ4n) is 2.45. The van der Waals surface area contributed by atoms with Gasteiger partial charge in [0.2, 0.25) is 5.88 Å². The first-order chi connectivity index (χ1) is 12.6. The first kappa shape index (κ1) is 20.8. The van der Waals surface area contributed by atoms with Crippen LogP contribution in [-0.2, 0) is 0 Å². The molecule has 0 aliphatic rings. The van der Waals surface area contributed by atoms with Gasteiger partial charge in [-0.25, -0.2) is 9.99 Å².